The third kappa shape index (κ3) is 22.5. The van der Waals surface area contributed by atoms with Crippen LogP contribution >= 0.6 is 34.4 Å². The Labute approximate surface area is 595 Å². The first-order valence-electron chi connectivity index (χ1n) is 33.9. The molecular formula is C76H132O18P4. The Kier molecular flexibility index (Phi) is 33.8. The lowest BCUT2D eigenvalue weighted by atomic mass is 9.56. The molecule has 0 aliphatic rings. The Morgan fingerprint density at radius 1 is 0.286 bits per heavy atom. The van der Waals surface area contributed by atoms with Crippen LogP contribution in [0, 0.1) is 10.8 Å². The van der Waals surface area contributed by atoms with Crippen molar-refractivity contribution < 1.29 is 88.6 Å². The van der Waals surface area contributed by atoms with Crippen LogP contribution in [0.1, 0.15) is 309 Å². The predicted molar refractivity (Wildman–Crippen MR) is 403 cm³/mol. The first-order valence-corrected chi connectivity index (χ1v) is 38.6. The molecule has 0 bridgehead atoms. The molecule has 4 aromatic carbocycles. The molecule has 0 aliphatic carbocycles. The SMILES string of the molecule is CC(C)c1cc(C(C)(C)C)c(C(O)(c2c(C(C)(C)C)cc(C(C)C)cc2C(C)(C)C)C(CO)(CO)CO)c(C(C)(C)C)c1.CCc1cc(C(C)(C)C)c(C(O)(c2c(C(C)(C)C)cc(CC)cc2C(C)(C)C)C(CO)(CO)CO)c(C(C)(C)C)c1.OP(O)OP(O)O.OP(O)OP(O)O. The Bertz CT molecular complexity index is 2810. The van der Waals surface area contributed by atoms with Gasteiger partial charge >= 0.3 is 34.4 Å². The Balaban J connectivity index is 0.000000818. The quantitative estimate of drug-likeness (QED) is 0.0366. The van der Waals surface area contributed by atoms with Crippen LogP contribution in [0.4, 0.5) is 0 Å². The molecule has 0 heterocycles. The van der Waals surface area contributed by atoms with Crippen LogP contribution in [-0.2, 0) is 76.0 Å². The normalized spacial score (nSPS) is 13.8. The van der Waals surface area contributed by atoms with Gasteiger partial charge in [0.2, 0.25) is 0 Å². The molecule has 98 heavy (non-hydrogen) atoms. The maximum absolute atomic E-state index is 14.0. The van der Waals surface area contributed by atoms with Crippen molar-refractivity contribution in [1.82, 2.24) is 0 Å². The molecule has 0 unspecified atom stereocenters. The molecule has 4 aromatic rings. The fourth-order valence-electron chi connectivity index (χ4n) is 12.5. The fraction of sp³-hybridized carbons (Fsp3) is 0.684. The summed E-state index contributed by atoms with van der Waals surface area (Å²) >= 11 is 0. The molecule has 18 nitrogen and oxygen atoms in total. The number of aliphatic hydroxyl groups excluding tert-OH is 6. The molecular weight excluding hydrogens is 1320 g/mol. The van der Waals surface area contributed by atoms with Gasteiger partial charge in [0.25, 0.3) is 0 Å². The average Bonchev–Trinajstić information content (AvgIpc) is 0.701. The largest absolute Gasteiger partial charge is 0.395 e. The van der Waals surface area contributed by atoms with Gasteiger partial charge in [0.05, 0.1) is 50.5 Å². The molecule has 0 aromatic heterocycles. The van der Waals surface area contributed by atoms with Gasteiger partial charge in [0.15, 0.2) is 0 Å². The third-order valence-electron chi connectivity index (χ3n) is 18.4. The topological polar surface area (TPSA) is 342 Å². The summed E-state index contributed by atoms with van der Waals surface area (Å²) in [7, 11) is -10.4. The van der Waals surface area contributed by atoms with Gasteiger partial charge in [0, 0.05) is 0 Å². The van der Waals surface area contributed by atoms with Gasteiger partial charge in [-0.25, -0.2) is 8.62 Å². The van der Waals surface area contributed by atoms with Crippen molar-refractivity contribution >= 4 is 34.4 Å². The summed E-state index contributed by atoms with van der Waals surface area (Å²) in [6.07, 6.45) is 1.67. The Morgan fingerprint density at radius 3 is 0.520 bits per heavy atom. The zero-order valence-corrected chi connectivity index (χ0v) is 68.8. The zero-order chi connectivity index (χ0) is 77.4. The summed E-state index contributed by atoms with van der Waals surface area (Å²) in [5.74, 6) is 0.506. The second-order valence-corrected chi connectivity index (χ2v) is 38.6. The highest BCUT2D eigenvalue weighted by molar-refractivity contribution is 7.53. The van der Waals surface area contributed by atoms with Crippen molar-refractivity contribution in [1.29, 1.82) is 0 Å². The molecule has 0 radical (unpaired) electrons. The summed E-state index contributed by atoms with van der Waals surface area (Å²) in [4.78, 5) is 62.5. The predicted octanol–water partition coefficient (Wildman–Crippen LogP) is 14.4. The van der Waals surface area contributed by atoms with Crippen LogP contribution in [0.15, 0.2) is 48.5 Å². The van der Waals surface area contributed by atoms with Crippen LogP contribution in [0.2, 0.25) is 0 Å². The average molecular weight is 1460 g/mol. The molecule has 564 valence electrons. The van der Waals surface area contributed by atoms with E-state index in [1.165, 1.54) is 22.3 Å². The van der Waals surface area contributed by atoms with E-state index in [-0.39, 0.29) is 33.5 Å². The smallest absolute Gasteiger partial charge is 0.334 e. The first kappa shape index (κ1) is 93.9. The molecule has 0 saturated heterocycles. The summed E-state index contributed by atoms with van der Waals surface area (Å²) in [5, 5.41) is 94.9. The first-order chi connectivity index (χ1) is 44.0. The Hall–Kier alpha value is -2.12. The van der Waals surface area contributed by atoms with Gasteiger partial charge in [-0.15, -0.1) is 0 Å². The van der Waals surface area contributed by atoms with Crippen molar-refractivity contribution in [3.05, 3.63) is 138 Å². The number of hydrogen-bond acceptors (Lipinski definition) is 18. The maximum Gasteiger partial charge on any atom is 0.334 e. The van der Waals surface area contributed by atoms with Crippen LogP contribution in [0.25, 0.3) is 0 Å². The van der Waals surface area contributed by atoms with Gasteiger partial charge in [0.1, 0.15) is 11.2 Å². The minimum atomic E-state index is -2.61. The maximum atomic E-state index is 14.0. The van der Waals surface area contributed by atoms with Crippen LogP contribution in [0.3, 0.4) is 0 Å². The van der Waals surface area contributed by atoms with Gasteiger partial charge in [-0.2, -0.15) is 0 Å². The van der Waals surface area contributed by atoms with E-state index in [9.17, 15) is 40.9 Å². The lowest BCUT2D eigenvalue weighted by Crippen LogP contribution is -2.57. The summed E-state index contributed by atoms with van der Waals surface area (Å²) in [6.45, 7) is 61.0. The molecule has 0 amide bonds. The summed E-state index contributed by atoms with van der Waals surface area (Å²) in [6, 6.07) is 17.5. The van der Waals surface area contributed by atoms with Crippen molar-refractivity contribution in [2.24, 2.45) is 10.8 Å². The number of benzene rings is 4. The van der Waals surface area contributed by atoms with E-state index in [0.717, 1.165) is 57.3 Å². The lowest BCUT2D eigenvalue weighted by Gasteiger charge is -2.52. The van der Waals surface area contributed by atoms with E-state index < -0.39 is 118 Å². The van der Waals surface area contributed by atoms with Crippen LogP contribution < -0.4 is 0 Å². The van der Waals surface area contributed by atoms with E-state index in [2.05, 4.69) is 265 Å². The monoisotopic (exact) mass is 1460 g/mol. The second-order valence-electron chi connectivity index (χ2n) is 35.2. The van der Waals surface area contributed by atoms with Gasteiger partial charge in [-0.1, -0.05) is 256 Å². The zero-order valence-electron chi connectivity index (χ0n) is 65.2. The van der Waals surface area contributed by atoms with E-state index in [1.807, 2.05) is 0 Å². The summed E-state index contributed by atoms with van der Waals surface area (Å²) in [5.41, 5.74) is 4.72. The van der Waals surface area contributed by atoms with Gasteiger partial charge in [-0.05, 0) is 157 Å². The molecule has 22 heteroatoms. The van der Waals surface area contributed by atoms with Gasteiger partial charge in [-0.3, -0.25) is 0 Å². The highest BCUT2D eigenvalue weighted by Crippen LogP contribution is 2.59. The third-order valence-corrected chi connectivity index (χ3v) is 20.8. The second kappa shape index (κ2) is 35.3. The Morgan fingerprint density at radius 2 is 0.429 bits per heavy atom. The minimum Gasteiger partial charge on any atom is -0.395 e. The minimum absolute atomic E-state index is 0.253. The van der Waals surface area contributed by atoms with Crippen LogP contribution in [-0.4, -0.2) is 120 Å². The van der Waals surface area contributed by atoms with E-state index >= 15 is 0 Å². The van der Waals surface area contributed by atoms with Crippen LogP contribution in [0.5, 0.6) is 0 Å². The molecule has 0 aliphatic heterocycles. The highest BCUT2D eigenvalue weighted by Gasteiger charge is 2.60. The van der Waals surface area contributed by atoms with Crippen molar-refractivity contribution in [2.45, 2.75) is 287 Å². The molecule has 0 fully saturated rings. The number of hydrogen-bond donors (Lipinski definition) is 16. The molecule has 16 N–H and O–H groups in total. The van der Waals surface area contributed by atoms with E-state index in [4.69, 9.17) is 39.1 Å². The summed E-state index contributed by atoms with van der Waals surface area (Å²) < 4.78 is 7.20. The van der Waals surface area contributed by atoms with E-state index in [0.29, 0.717) is 22.3 Å². The molecule has 4 rings (SSSR count). The van der Waals surface area contributed by atoms with Crippen molar-refractivity contribution in [3.63, 3.8) is 0 Å². The standard InChI is InChI=1S/C39H64O4.C37H60O4.2H4O5P2/c1-24(2)26-17-28(34(5,6)7)32(29(18-26)35(8,9)10)39(43,38(21-40,22-41)23-42)33-30(36(11,12)13)19-27(25(3)4)20-31(33)37(14,15)16;1-15-24-17-26(32(3,4)5)30(27(18-24)33(6,7)8)37(41,36(21-38,22-39)23-40)31-28(34(9,10)11)19-25(16-2)20-29(31)35(12,13)14;2*1-6(2)5-7(3)4/h17-20,24-25,40-43H,21-23H2,1-16H3;17-20,38-41H,15-16,21-23H2,1-14H3;2*1-4H. The molecule has 0 atom stereocenters. The van der Waals surface area contributed by atoms with E-state index in [1.54, 1.807) is 0 Å². The highest BCUT2D eigenvalue weighted by atomic mass is 31.2. The number of aryl methyl sites for hydroxylation is 2. The lowest BCUT2D eigenvalue weighted by molar-refractivity contribution is -0.139. The van der Waals surface area contributed by atoms with Gasteiger partial charge < -0.3 is 80.0 Å². The fourth-order valence-corrected chi connectivity index (χ4v) is 13.6. The number of aliphatic hydroxyl groups is 8. The number of rotatable bonds is 20. The molecule has 0 saturated carbocycles. The molecule has 0 spiro atoms. The van der Waals surface area contributed by atoms with Crippen molar-refractivity contribution in [2.75, 3.05) is 39.6 Å². The van der Waals surface area contributed by atoms with Crippen molar-refractivity contribution in [3.8, 4) is 0 Å².